The normalized spacial score (nSPS) is 12.9. The van der Waals surface area contributed by atoms with Gasteiger partial charge in [-0.1, -0.05) is 73.7 Å². The molecule has 0 bridgehead atoms. The predicted molar refractivity (Wildman–Crippen MR) is 86.7 cm³/mol. The van der Waals surface area contributed by atoms with Gasteiger partial charge in [0.25, 0.3) is 0 Å². The van der Waals surface area contributed by atoms with Crippen LogP contribution in [0.4, 0.5) is 0 Å². The van der Waals surface area contributed by atoms with Crippen molar-refractivity contribution in [1.82, 2.24) is 0 Å². The smallest absolute Gasteiger partial charge is 0.118 e. The lowest BCUT2D eigenvalue weighted by molar-refractivity contribution is 0.415. The molecule has 1 nitrogen and oxygen atoms in total. The van der Waals surface area contributed by atoms with E-state index in [4.69, 9.17) is 4.74 Å². The van der Waals surface area contributed by atoms with Gasteiger partial charge in [0.05, 0.1) is 7.11 Å². The topological polar surface area (TPSA) is 9.23 Å². The van der Waals surface area contributed by atoms with E-state index in [1.165, 1.54) is 11.1 Å². The van der Waals surface area contributed by atoms with Crippen LogP contribution in [0.3, 0.4) is 0 Å². The maximum Gasteiger partial charge on any atom is 0.118 e. The molecule has 0 aromatic heterocycles. The van der Waals surface area contributed by atoms with Gasteiger partial charge in [0, 0.05) is 0 Å². The number of hydrogen-bond donors (Lipinski definition) is 0. The van der Waals surface area contributed by atoms with Crippen molar-refractivity contribution in [2.75, 3.05) is 7.11 Å². The van der Waals surface area contributed by atoms with Gasteiger partial charge in [0.1, 0.15) is 5.75 Å². The van der Waals surface area contributed by atoms with Gasteiger partial charge in [0.15, 0.2) is 0 Å². The lowest BCUT2D eigenvalue weighted by Crippen LogP contribution is -1.83. The van der Waals surface area contributed by atoms with Gasteiger partial charge in [-0.25, -0.2) is 0 Å². The Morgan fingerprint density at radius 1 is 0.800 bits per heavy atom. The largest absolute Gasteiger partial charge is 0.497 e. The minimum absolute atomic E-state index is 0.400. The second-order valence-electron chi connectivity index (χ2n) is 4.76. The van der Waals surface area contributed by atoms with Crippen LogP contribution < -0.4 is 4.74 Å². The monoisotopic (exact) mass is 264 g/mol. The average Bonchev–Trinajstić information content (AvgIpc) is 2.52. The third kappa shape index (κ3) is 4.43. The molecule has 0 heterocycles. The minimum atomic E-state index is 0.400. The first-order valence-electron chi connectivity index (χ1n) is 6.83. The molecule has 0 aliphatic carbocycles. The molecule has 2 rings (SSSR count). The van der Waals surface area contributed by atoms with Crippen molar-refractivity contribution in [3.63, 3.8) is 0 Å². The zero-order chi connectivity index (χ0) is 14.2. The molecule has 0 aliphatic rings. The third-order valence-corrected chi connectivity index (χ3v) is 3.10. The molecule has 0 radical (unpaired) electrons. The van der Waals surface area contributed by atoms with Crippen molar-refractivity contribution in [2.24, 2.45) is 5.92 Å². The average molecular weight is 264 g/mol. The number of hydrogen-bond acceptors (Lipinski definition) is 1. The lowest BCUT2D eigenvalue weighted by atomic mass is 10.1. The number of ether oxygens (including phenoxy) is 1. The molecule has 1 atom stereocenters. The summed E-state index contributed by atoms with van der Waals surface area (Å²) in [6, 6.07) is 18.4. The molecule has 0 fully saturated rings. The van der Waals surface area contributed by atoms with E-state index in [9.17, 15) is 0 Å². The summed E-state index contributed by atoms with van der Waals surface area (Å²) >= 11 is 0. The maximum atomic E-state index is 5.15. The minimum Gasteiger partial charge on any atom is -0.497 e. The second-order valence-corrected chi connectivity index (χ2v) is 4.76. The van der Waals surface area contributed by atoms with Crippen LogP contribution in [0.2, 0.25) is 0 Å². The predicted octanol–water partition coefficient (Wildman–Crippen LogP) is 5.06. The van der Waals surface area contributed by atoms with Gasteiger partial charge < -0.3 is 4.74 Å². The Morgan fingerprint density at radius 2 is 1.35 bits per heavy atom. The first-order valence-corrected chi connectivity index (χ1v) is 6.83. The Morgan fingerprint density at radius 3 is 1.90 bits per heavy atom. The molecule has 20 heavy (non-hydrogen) atoms. The summed E-state index contributed by atoms with van der Waals surface area (Å²) in [6.45, 7) is 2.18. The van der Waals surface area contributed by atoms with E-state index in [0.717, 1.165) is 5.75 Å². The van der Waals surface area contributed by atoms with Gasteiger partial charge >= 0.3 is 0 Å². The molecule has 2 aromatic rings. The zero-order valence-electron chi connectivity index (χ0n) is 12.0. The fraction of sp³-hybridized carbons (Fsp3) is 0.158. The highest BCUT2D eigenvalue weighted by molar-refractivity contribution is 5.53. The van der Waals surface area contributed by atoms with Crippen molar-refractivity contribution in [3.05, 3.63) is 77.9 Å². The van der Waals surface area contributed by atoms with Crippen LogP contribution in [-0.4, -0.2) is 7.11 Å². The Hall–Kier alpha value is -2.28. The maximum absolute atomic E-state index is 5.15. The molecule has 0 spiro atoms. The third-order valence-electron chi connectivity index (χ3n) is 3.10. The first kappa shape index (κ1) is 14.1. The molecule has 102 valence electrons. The van der Waals surface area contributed by atoms with E-state index in [-0.39, 0.29) is 0 Å². The molecule has 0 saturated carbocycles. The van der Waals surface area contributed by atoms with E-state index in [2.05, 4.69) is 67.6 Å². The molecule has 0 N–H and O–H groups in total. The van der Waals surface area contributed by atoms with Crippen LogP contribution in [-0.2, 0) is 0 Å². The number of methoxy groups -OCH3 is 1. The molecular weight excluding hydrogens is 244 g/mol. The summed E-state index contributed by atoms with van der Waals surface area (Å²) in [5.41, 5.74) is 2.42. The van der Waals surface area contributed by atoms with E-state index < -0.39 is 0 Å². The van der Waals surface area contributed by atoms with E-state index in [1.54, 1.807) is 7.11 Å². The molecule has 0 aliphatic heterocycles. The Bertz CT molecular complexity index is 564. The van der Waals surface area contributed by atoms with Crippen molar-refractivity contribution in [1.29, 1.82) is 0 Å². The van der Waals surface area contributed by atoms with Crippen LogP contribution in [0.5, 0.6) is 5.75 Å². The fourth-order valence-corrected chi connectivity index (χ4v) is 1.87. The van der Waals surface area contributed by atoms with E-state index in [1.807, 2.05) is 18.2 Å². The Balaban J connectivity index is 1.94. The Labute approximate surface area is 121 Å². The van der Waals surface area contributed by atoms with Crippen LogP contribution in [0.25, 0.3) is 12.2 Å². The van der Waals surface area contributed by atoms with Crippen molar-refractivity contribution in [2.45, 2.75) is 6.92 Å². The molecule has 0 unspecified atom stereocenters. The standard InChI is InChI=1S/C19H20O/c1-16(8-10-17-6-4-3-5-7-17)9-11-18-12-14-19(20-2)15-13-18/h3-16H,1-2H3/b10-8+,11-9+/t16-/m1/s1. The summed E-state index contributed by atoms with van der Waals surface area (Å²) in [7, 11) is 1.68. The highest BCUT2D eigenvalue weighted by Gasteiger charge is 1.93. The van der Waals surface area contributed by atoms with Crippen LogP contribution in [0.1, 0.15) is 18.1 Å². The summed E-state index contributed by atoms with van der Waals surface area (Å²) in [5, 5.41) is 0. The summed E-state index contributed by atoms with van der Waals surface area (Å²) in [4.78, 5) is 0. The van der Waals surface area contributed by atoms with Gasteiger partial charge in [-0.15, -0.1) is 0 Å². The number of benzene rings is 2. The van der Waals surface area contributed by atoms with Gasteiger partial charge in [-0.05, 0) is 29.2 Å². The second kappa shape index (κ2) is 7.34. The molecule has 2 aromatic carbocycles. The van der Waals surface area contributed by atoms with Crippen molar-refractivity contribution in [3.8, 4) is 5.75 Å². The van der Waals surface area contributed by atoms with Crippen LogP contribution in [0, 0.1) is 5.92 Å². The highest BCUT2D eigenvalue weighted by atomic mass is 16.5. The van der Waals surface area contributed by atoms with Gasteiger partial charge in [-0.2, -0.15) is 0 Å². The SMILES string of the molecule is COc1ccc(/C=C/[C@H](C)/C=C/c2ccccc2)cc1. The molecule has 0 amide bonds. The zero-order valence-corrected chi connectivity index (χ0v) is 12.0. The van der Waals surface area contributed by atoms with Crippen LogP contribution >= 0.6 is 0 Å². The number of rotatable bonds is 5. The molecule has 0 saturated heterocycles. The van der Waals surface area contributed by atoms with Gasteiger partial charge in [-0.3, -0.25) is 0 Å². The quantitative estimate of drug-likeness (QED) is 0.733. The summed E-state index contributed by atoms with van der Waals surface area (Å²) < 4.78 is 5.15. The lowest BCUT2D eigenvalue weighted by Gasteiger charge is -2.01. The Kier molecular flexibility index (Phi) is 5.19. The van der Waals surface area contributed by atoms with E-state index in [0.29, 0.717) is 5.92 Å². The van der Waals surface area contributed by atoms with E-state index >= 15 is 0 Å². The summed E-state index contributed by atoms with van der Waals surface area (Å²) in [6.07, 6.45) is 8.69. The number of allylic oxidation sites excluding steroid dienone is 2. The highest BCUT2D eigenvalue weighted by Crippen LogP contribution is 2.14. The van der Waals surface area contributed by atoms with Gasteiger partial charge in [0.2, 0.25) is 0 Å². The summed E-state index contributed by atoms with van der Waals surface area (Å²) in [5.74, 6) is 1.29. The molecular formula is C19H20O. The molecule has 1 heteroatoms. The fourth-order valence-electron chi connectivity index (χ4n) is 1.87. The van der Waals surface area contributed by atoms with Crippen LogP contribution in [0.15, 0.2) is 66.7 Å². The van der Waals surface area contributed by atoms with Crippen molar-refractivity contribution < 1.29 is 4.74 Å². The van der Waals surface area contributed by atoms with Crippen molar-refractivity contribution >= 4 is 12.2 Å². The first-order chi connectivity index (χ1) is 9.78.